The molecule has 0 aromatic heterocycles. The first-order valence-electron chi connectivity index (χ1n) is 15.8. The third-order valence-electron chi connectivity index (χ3n) is 7.55. The van der Waals surface area contributed by atoms with Gasteiger partial charge in [0.15, 0.2) is 6.10 Å². The minimum Gasteiger partial charge on any atom is -0.493 e. The van der Waals surface area contributed by atoms with Crippen molar-refractivity contribution >= 4 is 11.9 Å². The van der Waals surface area contributed by atoms with Gasteiger partial charge in [0.05, 0.1) is 18.8 Å². The van der Waals surface area contributed by atoms with Gasteiger partial charge in [0, 0.05) is 0 Å². The van der Waals surface area contributed by atoms with Gasteiger partial charge in [-0.25, -0.2) is 9.59 Å². The average Bonchev–Trinajstić information content (AvgIpc) is 3.02. The van der Waals surface area contributed by atoms with E-state index in [1.807, 2.05) is 43.3 Å². The SMILES string of the molecule is CCCCCCCCCOc1ccc(C(=O)Oc2ccc(-c3ccc(OC(=O)C(C)OCC(C)CC)cc3)cc2)cc1C. The summed E-state index contributed by atoms with van der Waals surface area (Å²) in [4.78, 5) is 25.1. The van der Waals surface area contributed by atoms with E-state index in [2.05, 4.69) is 20.8 Å². The van der Waals surface area contributed by atoms with E-state index in [9.17, 15) is 9.59 Å². The standard InChI is InChI=1S/C37H48O6/c1-6-8-9-10-11-12-13-24-40-35-23-18-32(25-28(35)4)37(39)43-34-21-16-31(17-22-34)30-14-19-33(20-15-30)42-36(38)29(5)41-26-27(3)7-2/h14-23,25,27,29H,6-13,24,26H2,1-5H3. The Morgan fingerprint density at radius 1 is 0.721 bits per heavy atom. The van der Waals surface area contributed by atoms with Crippen molar-refractivity contribution in [1.29, 1.82) is 0 Å². The van der Waals surface area contributed by atoms with Crippen LogP contribution < -0.4 is 14.2 Å². The zero-order chi connectivity index (χ0) is 31.0. The lowest BCUT2D eigenvalue weighted by Crippen LogP contribution is -2.27. The lowest BCUT2D eigenvalue weighted by Gasteiger charge is -2.15. The number of benzene rings is 3. The van der Waals surface area contributed by atoms with E-state index in [4.69, 9.17) is 18.9 Å². The number of rotatable bonds is 18. The summed E-state index contributed by atoms with van der Waals surface area (Å²) in [6.45, 7) is 11.3. The zero-order valence-corrected chi connectivity index (χ0v) is 26.5. The lowest BCUT2D eigenvalue weighted by molar-refractivity contribution is -0.146. The Bertz CT molecular complexity index is 1270. The predicted octanol–water partition coefficient (Wildman–Crippen LogP) is 9.37. The molecule has 0 N–H and O–H groups in total. The van der Waals surface area contributed by atoms with Gasteiger partial charge in [0.2, 0.25) is 0 Å². The van der Waals surface area contributed by atoms with E-state index in [-0.39, 0.29) is 0 Å². The van der Waals surface area contributed by atoms with Crippen LogP contribution in [0, 0.1) is 12.8 Å². The molecule has 0 heterocycles. The Balaban J connectivity index is 1.46. The van der Waals surface area contributed by atoms with Crippen molar-refractivity contribution in [2.45, 2.75) is 92.1 Å². The molecule has 0 radical (unpaired) electrons. The smallest absolute Gasteiger partial charge is 0.343 e. The van der Waals surface area contributed by atoms with Crippen molar-refractivity contribution in [3.8, 4) is 28.4 Å². The van der Waals surface area contributed by atoms with Crippen LogP contribution in [0.4, 0.5) is 0 Å². The topological polar surface area (TPSA) is 71.1 Å². The van der Waals surface area contributed by atoms with Gasteiger partial charge in [-0.1, -0.05) is 90.0 Å². The van der Waals surface area contributed by atoms with E-state index in [0.29, 0.717) is 36.2 Å². The summed E-state index contributed by atoms with van der Waals surface area (Å²) in [6.07, 6.45) is 9.05. The van der Waals surface area contributed by atoms with Crippen LogP contribution in [0.5, 0.6) is 17.2 Å². The van der Waals surface area contributed by atoms with Crippen molar-refractivity contribution in [3.05, 3.63) is 77.9 Å². The van der Waals surface area contributed by atoms with Crippen LogP contribution in [0.1, 0.15) is 95.0 Å². The second kappa shape index (κ2) is 18.1. The van der Waals surface area contributed by atoms with Crippen LogP contribution in [0.15, 0.2) is 66.7 Å². The molecule has 0 spiro atoms. The molecule has 2 atom stereocenters. The zero-order valence-electron chi connectivity index (χ0n) is 26.5. The van der Waals surface area contributed by atoms with Gasteiger partial charge in [-0.3, -0.25) is 0 Å². The fraction of sp³-hybridized carbons (Fsp3) is 0.459. The van der Waals surface area contributed by atoms with E-state index >= 15 is 0 Å². The highest BCUT2D eigenvalue weighted by Crippen LogP contribution is 2.26. The van der Waals surface area contributed by atoms with E-state index in [1.165, 1.54) is 38.5 Å². The molecule has 0 aliphatic heterocycles. The van der Waals surface area contributed by atoms with Crippen LogP contribution in [0.2, 0.25) is 0 Å². The van der Waals surface area contributed by atoms with Crippen LogP contribution in [-0.4, -0.2) is 31.3 Å². The van der Waals surface area contributed by atoms with E-state index < -0.39 is 18.0 Å². The molecule has 3 aromatic carbocycles. The fourth-order valence-electron chi connectivity index (χ4n) is 4.47. The second-order valence-corrected chi connectivity index (χ2v) is 11.3. The van der Waals surface area contributed by atoms with Gasteiger partial charge in [-0.2, -0.15) is 0 Å². The van der Waals surface area contributed by atoms with Crippen LogP contribution in [0.25, 0.3) is 11.1 Å². The maximum atomic E-state index is 12.8. The summed E-state index contributed by atoms with van der Waals surface area (Å²) in [5.74, 6) is 1.29. The maximum absolute atomic E-state index is 12.8. The van der Waals surface area contributed by atoms with Crippen molar-refractivity contribution in [2.24, 2.45) is 5.92 Å². The number of carbonyl (C=O) groups excluding carboxylic acids is 2. The third kappa shape index (κ3) is 11.5. The molecule has 3 aromatic rings. The summed E-state index contributed by atoms with van der Waals surface area (Å²) in [5, 5.41) is 0. The molecule has 232 valence electrons. The Morgan fingerprint density at radius 2 is 1.30 bits per heavy atom. The summed E-state index contributed by atoms with van der Waals surface area (Å²) >= 11 is 0. The van der Waals surface area contributed by atoms with Crippen molar-refractivity contribution < 1.29 is 28.5 Å². The Kier molecular flexibility index (Phi) is 14.3. The van der Waals surface area contributed by atoms with Crippen LogP contribution in [0.3, 0.4) is 0 Å². The van der Waals surface area contributed by atoms with Crippen molar-refractivity contribution in [3.63, 3.8) is 0 Å². The first-order chi connectivity index (χ1) is 20.8. The minimum atomic E-state index is -0.626. The minimum absolute atomic E-state index is 0.393. The van der Waals surface area contributed by atoms with Crippen molar-refractivity contribution in [2.75, 3.05) is 13.2 Å². The molecule has 0 aliphatic carbocycles. The monoisotopic (exact) mass is 588 g/mol. The van der Waals surface area contributed by atoms with Gasteiger partial charge >= 0.3 is 11.9 Å². The van der Waals surface area contributed by atoms with Gasteiger partial charge < -0.3 is 18.9 Å². The molecule has 0 fully saturated rings. The molecule has 43 heavy (non-hydrogen) atoms. The Hall–Kier alpha value is -3.64. The number of esters is 2. The lowest BCUT2D eigenvalue weighted by atomic mass is 10.1. The Labute approximate surface area is 257 Å². The summed E-state index contributed by atoms with van der Waals surface area (Å²) in [5.41, 5.74) is 3.28. The van der Waals surface area contributed by atoms with E-state index in [0.717, 1.165) is 35.3 Å². The number of unbranched alkanes of at least 4 members (excludes halogenated alkanes) is 6. The molecule has 0 aliphatic rings. The maximum Gasteiger partial charge on any atom is 0.343 e. The van der Waals surface area contributed by atoms with Gasteiger partial charge in [0.1, 0.15) is 17.2 Å². The second-order valence-electron chi connectivity index (χ2n) is 11.3. The van der Waals surface area contributed by atoms with Gasteiger partial charge in [0.25, 0.3) is 0 Å². The molecule has 0 saturated heterocycles. The van der Waals surface area contributed by atoms with Crippen LogP contribution in [-0.2, 0) is 9.53 Å². The third-order valence-corrected chi connectivity index (χ3v) is 7.55. The van der Waals surface area contributed by atoms with Crippen LogP contribution >= 0.6 is 0 Å². The molecule has 2 unspecified atom stereocenters. The number of aryl methyl sites for hydroxylation is 1. The highest BCUT2D eigenvalue weighted by molar-refractivity contribution is 5.91. The molecule has 0 bridgehead atoms. The first kappa shape index (κ1) is 33.9. The van der Waals surface area contributed by atoms with Crippen molar-refractivity contribution in [1.82, 2.24) is 0 Å². The number of carbonyl (C=O) groups is 2. The fourth-order valence-corrected chi connectivity index (χ4v) is 4.47. The first-order valence-corrected chi connectivity index (χ1v) is 15.8. The quantitative estimate of drug-likeness (QED) is 0.0837. The normalized spacial score (nSPS) is 12.4. The largest absolute Gasteiger partial charge is 0.493 e. The van der Waals surface area contributed by atoms with E-state index in [1.54, 1.807) is 37.3 Å². The number of hydrogen-bond acceptors (Lipinski definition) is 6. The predicted molar refractivity (Wildman–Crippen MR) is 172 cm³/mol. The molecule has 6 heteroatoms. The average molecular weight is 589 g/mol. The highest BCUT2D eigenvalue weighted by atomic mass is 16.6. The Morgan fingerprint density at radius 3 is 1.88 bits per heavy atom. The summed E-state index contributed by atoms with van der Waals surface area (Å²) in [7, 11) is 0. The van der Waals surface area contributed by atoms with Gasteiger partial charge in [-0.05, 0) is 85.3 Å². The molecule has 3 rings (SSSR count). The molecule has 6 nitrogen and oxygen atoms in total. The summed E-state index contributed by atoms with van der Waals surface area (Å²) < 4.78 is 22.7. The molecule has 0 amide bonds. The number of hydrogen-bond donors (Lipinski definition) is 0. The number of ether oxygens (including phenoxy) is 4. The molecular formula is C37H48O6. The summed E-state index contributed by atoms with van der Waals surface area (Å²) in [6, 6.07) is 20.0. The highest BCUT2D eigenvalue weighted by Gasteiger charge is 2.17. The van der Waals surface area contributed by atoms with Gasteiger partial charge in [-0.15, -0.1) is 0 Å². The molecule has 0 saturated carbocycles. The molecular weight excluding hydrogens is 540 g/mol.